The molecule has 1 heterocycles. The molecule has 0 atom stereocenters. The van der Waals surface area contributed by atoms with Crippen LogP contribution in [-0.4, -0.2) is 47.8 Å². The summed E-state index contributed by atoms with van der Waals surface area (Å²) in [7, 11) is 0. The maximum Gasteiger partial charge on any atom is 0.273 e. The van der Waals surface area contributed by atoms with Crippen LogP contribution in [-0.2, 0) is 4.79 Å². The molecule has 2 aromatic rings. The van der Waals surface area contributed by atoms with Crippen LogP contribution in [0.1, 0.15) is 36.7 Å². The highest BCUT2D eigenvalue weighted by molar-refractivity contribution is 6.33. The third kappa shape index (κ3) is 5.19. The Morgan fingerprint density at radius 3 is 2.28 bits per heavy atom. The number of nitro benzene ring substituents is 1. The van der Waals surface area contributed by atoms with E-state index in [1.54, 1.807) is 31.2 Å². The van der Waals surface area contributed by atoms with Crippen molar-refractivity contribution in [2.24, 2.45) is 5.41 Å². The highest BCUT2D eigenvalue weighted by atomic mass is 35.5. The molecule has 1 fully saturated rings. The van der Waals surface area contributed by atoms with Gasteiger partial charge in [0.25, 0.3) is 11.6 Å². The van der Waals surface area contributed by atoms with Crippen molar-refractivity contribution in [2.45, 2.75) is 27.7 Å². The van der Waals surface area contributed by atoms with Gasteiger partial charge in [0, 0.05) is 54.5 Å². The molecule has 0 bridgehead atoms. The summed E-state index contributed by atoms with van der Waals surface area (Å²) in [5, 5.41) is 14.3. The summed E-state index contributed by atoms with van der Waals surface area (Å²) < 4.78 is 0. The molecule has 0 spiro atoms. The topological polar surface area (TPSA) is 95.8 Å². The highest BCUT2D eigenvalue weighted by Gasteiger charge is 2.30. The van der Waals surface area contributed by atoms with Crippen LogP contribution in [0.5, 0.6) is 0 Å². The lowest BCUT2D eigenvalue weighted by Gasteiger charge is -2.39. The largest absolute Gasteiger partial charge is 0.367 e. The molecule has 0 aliphatic carbocycles. The summed E-state index contributed by atoms with van der Waals surface area (Å²) >= 11 is 6.49. The smallest absolute Gasteiger partial charge is 0.273 e. The number of amides is 2. The Morgan fingerprint density at radius 1 is 1.06 bits per heavy atom. The number of nitro groups is 1. The molecule has 3 rings (SSSR count). The third-order valence-corrected chi connectivity index (χ3v) is 5.73. The molecule has 9 heteroatoms. The van der Waals surface area contributed by atoms with Crippen molar-refractivity contribution in [3.63, 3.8) is 0 Å². The lowest BCUT2D eigenvalue weighted by Crippen LogP contribution is -2.51. The summed E-state index contributed by atoms with van der Waals surface area (Å²) in [6.45, 7) is 9.95. The molecule has 1 aliphatic rings. The second-order valence-electron chi connectivity index (χ2n) is 8.91. The number of nitrogens with one attached hydrogen (secondary N) is 1. The molecule has 8 nitrogen and oxygen atoms in total. The van der Waals surface area contributed by atoms with Crippen molar-refractivity contribution in [2.75, 3.05) is 36.4 Å². The van der Waals surface area contributed by atoms with Gasteiger partial charge in [0.15, 0.2) is 0 Å². The van der Waals surface area contributed by atoms with Crippen LogP contribution >= 0.6 is 11.6 Å². The first-order chi connectivity index (χ1) is 15.0. The van der Waals surface area contributed by atoms with Crippen molar-refractivity contribution in [3.05, 3.63) is 62.7 Å². The molecule has 2 aromatic carbocycles. The first-order valence-electron chi connectivity index (χ1n) is 10.4. The van der Waals surface area contributed by atoms with E-state index in [9.17, 15) is 19.7 Å². The van der Waals surface area contributed by atoms with Gasteiger partial charge in [-0.2, -0.15) is 0 Å². The van der Waals surface area contributed by atoms with E-state index in [2.05, 4.69) is 10.2 Å². The standard InChI is InChI=1S/C23H27ClN4O4/c1-15-5-6-16(13-20(15)28(31)32)21(29)25-17-7-8-19(18(24)14-17)26-9-11-27(12-10-26)22(30)23(2,3)4/h5-8,13-14H,9-12H2,1-4H3,(H,25,29). The van der Waals surface area contributed by atoms with Crippen molar-refractivity contribution < 1.29 is 14.5 Å². The summed E-state index contributed by atoms with van der Waals surface area (Å²) in [5.41, 5.74) is 1.50. The van der Waals surface area contributed by atoms with E-state index >= 15 is 0 Å². The first kappa shape index (κ1) is 23.5. The average Bonchev–Trinajstić information content (AvgIpc) is 2.73. The van der Waals surface area contributed by atoms with Gasteiger partial charge < -0.3 is 15.1 Å². The number of carbonyl (C=O) groups is 2. The predicted octanol–water partition coefficient (Wildman–Crippen LogP) is 4.50. The van der Waals surface area contributed by atoms with Gasteiger partial charge in [-0.3, -0.25) is 19.7 Å². The highest BCUT2D eigenvalue weighted by Crippen LogP contribution is 2.31. The first-order valence-corrected chi connectivity index (χ1v) is 10.8. The van der Waals surface area contributed by atoms with Crippen molar-refractivity contribution in [3.8, 4) is 0 Å². The van der Waals surface area contributed by atoms with Crippen molar-refractivity contribution in [1.29, 1.82) is 0 Å². The number of hydrogen-bond acceptors (Lipinski definition) is 5. The van der Waals surface area contributed by atoms with E-state index in [0.29, 0.717) is 42.5 Å². The van der Waals surface area contributed by atoms with Crippen LogP contribution in [0, 0.1) is 22.5 Å². The molecule has 0 radical (unpaired) electrons. The Kier molecular flexibility index (Phi) is 6.74. The Morgan fingerprint density at radius 2 is 1.72 bits per heavy atom. The van der Waals surface area contributed by atoms with E-state index in [1.807, 2.05) is 31.7 Å². The van der Waals surface area contributed by atoms with Gasteiger partial charge in [-0.15, -0.1) is 0 Å². The minimum absolute atomic E-state index is 0.102. The zero-order valence-corrected chi connectivity index (χ0v) is 19.4. The summed E-state index contributed by atoms with van der Waals surface area (Å²) in [5.74, 6) is -0.316. The fraction of sp³-hybridized carbons (Fsp3) is 0.391. The zero-order valence-electron chi connectivity index (χ0n) is 18.6. The van der Waals surface area contributed by atoms with Crippen LogP contribution in [0.4, 0.5) is 17.1 Å². The number of anilines is 2. The Hall–Kier alpha value is -3.13. The van der Waals surface area contributed by atoms with Crippen molar-refractivity contribution >= 4 is 40.5 Å². The van der Waals surface area contributed by atoms with Crippen LogP contribution in [0.2, 0.25) is 5.02 Å². The molecule has 0 unspecified atom stereocenters. The minimum Gasteiger partial charge on any atom is -0.367 e. The second-order valence-corrected chi connectivity index (χ2v) is 9.32. The number of piperazine rings is 1. The summed E-state index contributed by atoms with van der Waals surface area (Å²) in [6.07, 6.45) is 0. The fourth-order valence-corrected chi connectivity index (χ4v) is 3.92. The fourth-order valence-electron chi connectivity index (χ4n) is 3.62. The van der Waals surface area contributed by atoms with Crippen molar-refractivity contribution in [1.82, 2.24) is 4.90 Å². The average molecular weight is 459 g/mol. The van der Waals surface area contributed by atoms with Crippen LogP contribution in [0.15, 0.2) is 36.4 Å². The molecule has 0 aromatic heterocycles. The monoisotopic (exact) mass is 458 g/mol. The van der Waals surface area contributed by atoms with Gasteiger partial charge in [-0.1, -0.05) is 38.4 Å². The number of nitrogens with zero attached hydrogens (tertiary/aromatic N) is 3. The van der Waals surface area contributed by atoms with Gasteiger partial charge >= 0.3 is 0 Å². The quantitative estimate of drug-likeness (QED) is 0.537. The van der Waals surface area contributed by atoms with E-state index in [-0.39, 0.29) is 17.2 Å². The Bertz CT molecular complexity index is 1060. The minimum atomic E-state index is -0.507. The number of aryl methyl sites for hydroxylation is 1. The second kappa shape index (κ2) is 9.16. The van der Waals surface area contributed by atoms with Gasteiger partial charge in [0.2, 0.25) is 5.91 Å². The Balaban J connectivity index is 1.67. The van der Waals surface area contributed by atoms with Crippen LogP contribution < -0.4 is 10.2 Å². The maximum atomic E-state index is 12.6. The molecule has 32 heavy (non-hydrogen) atoms. The number of halogens is 1. The molecular formula is C23H27ClN4O4. The van der Waals surface area contributed by atoms with E-state index in [0.717, 1.165) is 5.69 Å². The molecule has 2 amide bonds. The lowest BCUT2D eigenvalue weighted by atomic mass is 9.94. The van der Waals surface area contributed by atoms with Gasteiger partial charge in [0.1, 0.15) is 0 Å². The summed E-state index contributed by atoms with van der Waals surface area (Å²) in [6, 6.07) is 9.59. The lowest BCUT2D eigenvalue weighted by molar-refractivity contribution is -0.385. The number of hydrogen-bond donors (Lipinski definition) is 1. The molecule has 170 valence electrons. The molecule has 1 saturated heterocycles. The third-order valence-electron chi connectivity index (χ3n) is 5.42. The van der Waals surface area contributed by atoms with Gasteiger partial charge in [-0.25, -0.2) is 0 Å². The maximum absolute atomic E-state index is 12.6. The van der Waals surface area contributed by atoms with E-state index in [1.165, 1.54) is 6.07 Å². The summed E-state index contributed by atoms with van der Waals surface area (Å²) in [4.78, 5) is 39.6. The zero-order chi connectivity index (χ0) is 23.6. The van der Waals surface area contributed by atoms with Gasteiger partial charge in [0.05, 0.1) is 15.6 Å². The van der Waals surface area contributed by atoms with E-state index < -0.39 is 16.2 Å². The predicted molar refractivity (Wildman–Crippen MR) is 125 cm³/mol. The molecule has 0 saturated carbocycles. The molecular weight excluding hydrogens is 432 g/mol. The number of benzene rings is 2. The van der Waals surface area contributed by atoms with Gasteiger partial charge in [-0.05, 0) is 31.2 Å². The SMILES string of the molecule is Cc1ccc(C(=O)Nc2ccc(N3CCN(C(=O)C(C)(C)C)CC3)c(Cl)c2)cc1[N+](=O)[O-]. The van der Waals surface area contributed by atoms with Crippen LogP contribution in [0.3, 0.4) is 0 Å². The normalized spacial score (nSPS) is 14.3. The molecule has 1 N–H and O–H groups in total. The molecule has 1 aliphatic heterocycles. The number of rotatable bonds is 4. The van der Waals surface area contributed by atoms with E-state index in [4.69, 9.17) is 11.6 Å². The Labute approximate surface area is 192 Å². The number of carbonyl (C=O) groups excluding carboxylic acids is 2. The van der Waals surface area contributed by atoms with Crippen LogP contribution in [0.25, 0.3) is 0 Å².